The number of para-hydroxylation sites is 1. The van der Waals surface area contributed by atoms with E-state index in [9.17, 15) is 14.3 Å². The molecule has 2 aromatic carbocycles. The molecule has 144 valence electrons. The summed E-state index contributed by atoms with van der Waals surface area (Å²) in [4.78, 5) is 22.7. The molecule has 1 aliphatic rings. The van der Waals surface area contributed by atoms with E-state index in [1.54, 1.807) is 12.1 Å². The molecule has 0 atom stereocenters. The standard InChI is InChI=1S/C22H16FN3O3/c23-15-9-7-14(8-10-15)19-20(25-21-16(24-19)12-18(29-21)22(27)28)26-11-3-5-13-4-1-2-6-17(13)26/h1-2,4,6-10,12H,3,5,11H2,(H,27,28). The molecule has 0 spiro atoms. The van der Waals surface area contributed by atoms with E-state index >= 15 is 0 Å². The van der Waals surface area contributed by atoms with Gasteiger partial charge in [-0.25, -0.2) is 14.2 Å². The van der Waals surface area contributed by atoms with E-state index in [1.807, 2.05) is 18.2 Å². The molecule has 0 unspecified atom stereocenters. The lowest BCUT2D eigenvalue weighted by Gasteiger charge is -2.31. The number of hydrogen-bond acceptors (Lipinski definition) is 5. The zero-order valence-corrected chi connectivity index (χ0v) is 15.3. The van der Waals surface area contributed by atoms with Crippen LogP contribution in [0.1, 0.15) is 22.5 Å². The monoisotopic (exact) mass is 389 g/mol. The highest BCUT2D eigenvalue weighted by molar-refractivity contribution is 5.91. The molecule has 2 aromatic heterocycles. The number of aromatic carboxylic acids is 1. The van der Waals surface area contributed by atoms with E-state index in [2.05, 4.69) is 20.9 Å². The second-order valence-electron chi connectivity index (χ2n) is 6.89. The molecular weight excluding hydrogens is 373 g/mol. The van der Waals surface area contributed by atoms with Crippen LogP contribution in [0.25, 0.3) is 22.5 Å². The molecule has 0 amide bonds. The fourth-order valence-electron chi connectivity index (χ4n) is 3.70. The summed E-state index contributed by atoms with van der Waals surface area (Å²) in [6.07, 6.45) is 1.91. The number of carbonyl (C=O) groups is 1. The lowest BCUT2D eigenvalue weighted by Crippen LogP contribution is -2.26. The zero-order chi connectivity index (χ0) is 20.0. The van der Waals surface area contributed by atoms with Gasteiger partial charge in [0.15, 0.2) is 5.82 Å². The first-order valence-electron chi connectivity index (χ1n) is 9.26. The van der Waals surface area contributed by atoms with Gasteiger partial charge < -0.3 is 14.4 Å². The van der Waals surface area contributed by atoms with E-state index in [1.165, 1.54) is 23.8 Å². The van der Waals surface area contributed by atoms with E-state index in [4.69, 9.17) is 4.42 Å². The van der Waals surface area contributed by atoms with Crippen molar-refractivity contribution in [1.82, 2.24) is 9.97 Å². The highest BCUT2D eigenvalue weighted by Gasteiger charge is 2.25. The van der Waals surface area contributed by atoms with Crippen molar-refractivity contribution in [3.05, 3.63) is 71.7 Å². The quantitative estimate of drug-likeness (QED) is 0.542. The molecular formula is C22H16FN3O3. The summed E-state index contributed by atoms with van der Waals surface area (Å²) in [6, 6.07) is 15.5. The number of benzene rings is 2. The molecule has 1 N–H and O–H groups in total. The Morgan fingerprint density at radius 3 is 2.69 bits per heavy atom. The Morgan fingerprint density at radius 2 is 1.90 bits per heavy atom. The minimum atomic E-state index is -1.18. The van der Waals surface area contributed by atoms with Crippen LogP contribution < -0.4 is 4.90 Å². The number of fused-ring (bicyclic) bond motifs is 2. The Balaban J connectivity index is 1.75. The van der Waals surface area contributed by atoms with Crippen molar-refractivity contribution in [2.45, 2.75) is 12.8 Å². The van der Waals surface area contributed by atoms with E-state index in [-0.39, 0.29) is 17.3 Å². The first-order chi connectivity index (χ1) is 14.1. The van der Waals surface area contributed by atoms with Gasteiger partial charge >= 0.3 is 5.97 Å². The van der Waals surface area contributed by atoms with Crippen molar-refractivity contribution in [1.29, 1.82) is 0 Å². The third-order valence-electron chi connectivity index (χ3n) is 5.04. The Morgan fingerprint density at radius 1 is 1.10 bits per heavy atom. The number of carboxylic acid groups (broad SMARTS) is 1. The van der Waals surface area contributed by atoms with Gasteiger partial charge in [-0.1, -0.05) is 18.2 Å². The summed E-state index contributed by atoms with van der Waals surface area (Å²) in [7, 11) is 0. The molecule has 0 radical (unpaired) electrons. The van der Waals surface area contributed by atoms with E-state index in [0.717, 1.165) is 25.1 Å². The maximum absolute atomic E-state index is 13.5. The van der Waals surface area contributed by atoms with Crippen LogP contribution in [0.2, 0.25) is 0 Å². The third kappa shape index (κ3) is 3.00. The van der Waals surface area contributed by atoms with Crippen LogP contribution >= 0.6 is 0 Å². The lowest BCUT2D eigenvalue weighted by molar-refractivity contribution is 0.0664. The number of nitrogens with zero attached hydrogens (tertiary/aromatic N) is 3. The smallest absolute Gasteiger partial charge is 0.371 e. The van der Waals surface area contributed by atoms with Crippen molar-refractivity contribution in [3.63, 3.8) is 0 Å². The number of halogens is 1. The first kappa shape index (κ1) is 17.4. The zero-order valence-electron chi connectivity index (χ0n) is 15.3. The summed E-state index contributed by atoms with van der Waals surface area (Å²) in [6.45, 7) is 0.734. The maximum atomic E-state index is 13.5. The number of rotatable bonds is 3. The number of anilines is 2. The van der Waals surface area contributed by atoms with Gasteiger partial charge in [-0.3, -0.25) is 0 Å². The Labute approximate surface area is 165 Å². The number of furan rings is 1. The molecule has 0 saturated heterocycles. The molecule has 29 heavy (non-hydrogen) atoms. The first-order valence-corrected chi connectivity index (χ1v) is 9.26. The largest absolute Gasteiger partial charge is 0.475 e. The van der Waals surface area contributed by atoms with Gasteiger partial charge in [-0.15, -0.1) is 0 Å². The third-order valence-corrected chi connectivity index (χ3v) is 5.04. The molecule has 5 rings (SSSR count). The van der Waals surface area contributed by atoms with E-state index < -0.39 is 5.97 Å². The molecule has 0 fully saturated rings. The van der Waals surface area contributed by atoms with Crippen LogP contribution in [0, 0.1) is 5.82 Å². The normalized spacial score (nSPS) is 13.5. The molecule has 7 heteroatoms. The van der Waals surface area contributed by atoms with Gasteiger partial charge in [0, 0.05) is 23.9 Å². The van der Waals surface area contributed by atoms with Crippen molar-refractivity contribution in [2.24, 2.45) is 0 Å². The number of aryl methyl sites for hydroxylation is 1. The molecule has 4 aromatic rings. The lowest BCUT2D eigenvalue weighted by atomic mass is 10.0. The Hall–Kier alpha value is -3.74. The number of carboxylic acids is 1. The van der Waals surface area contributed by atoms with Crippen LogP contribution in [0.5, 0.6) is 0 Å². The average Bonchev–Trinajstić information content (AvgIpc) is 3.16. The van der Waals surface area contributed by atoms with Crippen molar-refractivity contribution < 1.29 is 18.7 Å². The fourth-order valence-corrected chi connectivity index (χ4v) is 3.70. The predicted octanol–water partition coefficient (Wildman–Crippen LogP) is 4.81. The Bertz CT molecular complexity index is 1230. The van der Waals surface area contributed by atoms with Gasteiger partial charge in [0.05, 0.1) is 0 Å². The number of aromatic nitrogens is 2. The Kier molecular flexibility index (Phi) is 4.01. The molecule has 0 aliphatic carbocycles. The summed E-state index contributed by atoms with van der Waals surface area (Å²) in [5.41, 5.74) is 3.98. The summed E-state index contributed by atoms with van der Waals surface area (Å²) < 4.78 is 18.9. The van der Waals surface area contributed by atoms with Crippen LogP contribution in [-0.2, 0) is 6.42 Å². The topological polar surface area (TPSA) is 79.5 Å². The highest BCUT2D eigenvalue weighted by Crippen LogP contribution is 2.38. The minimum Gasteiger partial charge on any atom is -0.475 e. The highest BCUT2D eigenvalue weighted by atomic mass is 19.1. The van der Waals surface area contributed by atoms with Gasteiger partial charge in [0.2, 0.25) is 11.5 Å². The van der Waals surface area contributed by atoms with Crippen LogP contribution in [0.15, 0.2) is 59.0 Å². The van der Waals surface area contributed by atoms with Crippen LogP contribution in [0.4, 0.5) is 15.9 Å². The minimum absolute atomic E-state index is 0.159. The average molecular weight is 389 g/mol. The van der Waals surface area contributed by atoms with Crippen LogP contribution in [0.3, 0.4) is 0 Å². The molecule has 0 saturated carbocycles. The second kappa shape index (κ2) is 6.70. The second-order valence-corrected chi connectivity index (χ2v) is 6.89. The molecule has 6 nitrogen and oxygen atoms in total. The molecule has 3 heterocycles. The van der Waals surface area contributed by atoms with Crippen molar-refractivity contribution in [2.75, 3.05) is 11.4 Å². The molecule has 0 bridgehead atoms. The molecule has 1 aliphatic heterocycles. The maximum Gasteiger partial charge on any atom is 0.371 e. The number of hydrogen-bond donors (Lipinski definition) is 1. The SMILES string of the molecule is O=C(O)c1cc2nc(-c3ccc(F)cc3)c(N3CCCc4ccccc43)nc2o1. The van der Waals surface area contributed by atoms with Gasteiger partial charge in [-0.2, -0.15) is 4.98 Å². The summed E-state index contributed by atoms with van der Waals surface area (Å²) in [5.74, 6) is -1.19. The van der Waals surface area contributed by atoms with Crippen LogP contribution in [-0.4, -0.2) is 27.6 Å². The van der Waals surface area contributed by atoms with E-state index in [0.29, 0.717) is 22.6 Å². The van der Waals surface area contributed by atoms with Gasteiger partial charge in [0.1, 0.15) is 17.0 Å². The summed E-state index contributed by atoms with van der Waals surface area (Å²) >= 11 is 0. The van der Waals surface area contributed by atoms with Crippen molar-refractivity contribution in [3.8, 4) is 11.3 Å². The van der Waals surface area contributed by atoms with Gasteiger partial charge in [-0.05, 0) is 48.7 Å². The van der Waals surface area contributed by atoms with Crippen molar-refractivity contribution >= 4 is 28.7 Å². The predicted molar refractivity (Wildman–Crippen MR) is 106 cm³/mol. The fraction of sp³-hybridized carbons (Fsp3) is 0.136. The van der Waals surface area contributed by atoms with Gasteiger partial charge in [0.25, 0.3) is 0 Å². The summed E-state index contributed by atoms with van der Waals surface area (Å²) in [5, 5.41) is 9.25.